The Hall–Kier alpha value is -1.40. The van der Waals surface area contributed by atoms with Crippen LogP contribution in [0.4, 0.5) is 0 Å². The number of aliphatic hydroxyl groups is 1. The van der Waals surface area contributed by atoms with Crippen molar-refractivity contribution in [3.05, 3.63) is 36.0 Å². The van der Waals surface area contributed by atoms with E-state index in [0.29, 0.717) is 13.2 Å². The number of nitrogens with one attached hydrogen (secondary N) is 1. The summed E-state index contributed by atoms with van der Waals surface area (Å²) in [5, 5.41) is 13.3. The molecule has 1 aromatic heterocycles. The molecule has 0 amide bonds. The van der Waals surface area contributed by atoms with Crippen molar-refractivity contribution in [1.29, 1.82) is 0 Å². The Morgan fingerprint density at radius 2 is 2.10 bits per heavy atom. The minimum atomic E-state index is 0.0731. The number of fused-ring (bicyclic) bond motifs is 1. The van der Waals surface area contributed by atoms with Gasteiger partial charge in [0.2, 0.25) is 0 Å². The summed E-state index contributed by atoms with van der Waals surface area (Å²) < 4.78 is 12.6. The highest BCUT2D eigenvalue weighted by Gasteiger charge is 2.05. The van der Waals surface area contributed by atoms with E-state index in [9.17, 15) is 0 Å². The largest absolute Gasteiger partial charge is 0.394 e. The third kappa shape index (κ3) is 4.54. The van der Waals surface area contributed by atoms with E-state index in [2.05, 4.69) is 40.3 Å². The van der Waals surface area contributed by atoms with Gasteiger partial charge >= 0.3 is 0 Å². The van der Waals surface area contributed by atoms with Gasteiger partial charge in [0.1, 0.15) is 0 Å². The maximum atomic E-state index is 8.70. The molecule has 0 radical (unpaired) electrons. The van der Waals surface area contributed by atoms with Crippen molar-refractivity contribution in [1.82, 2.24) is 9.88 Å². The average Bonchev–Trinajstić information content (AvgIpc) is 2.92. The second-order valence-electron chi connectivity index (χ2n) is 4.86. The molecule has 0 unspecified atom stereocenters. The van der Waals surface area contributed by atoms with Crippen LogP contribution in [-0.2, 0) is 22.6 Å². The van der Waals surface area contributed by atoms with E-state index in [1.54, 1.807) is 7.11 Å². The molecular formula is C16H24N2O3. The lowest BCUT2D eigenvalue weighted by atomic mass is 10.1. The van der Waals surface area contributed by atoms with Crippen LogP contribution in [0.25, 0.3) is 10.9 Å². The van der Waals surface area contributed by atoms with Crippen LogP contribution in [0.3, 0.4) is 0 Å². The van der Waals surface area contributed by atoms with Crippen LogP contribution in [0, 0.1) is 0 Å². The molecule has 0 spiro atoms. The number of aliphatic hydroxyl groups excluding tert-OH is 1. The van der Waals surface area contributed by atoms with Gasteiger partial charge in [-0.15, -0.1) is 0 Å². The van der Waals surface area contributed by atoms with E-state index >= 15 is 0 Å². The highest BCUT2D eigenvalue weighted by molar-refractivity contribution is 5.83. The van der Waals surface area contributed by atoms with Crippen molar-refractivity contribution in [2.24, 2.45) is 0 Å². The van der Waals surface area contributed by atoms with E-state index in [0.717, 1.165) is 26.2 Å². The molecule has 2 rings (SSSR count). The third-order valence-corrected chi connectivity index (χ3v) is 3.41. The summed E-state index contributed by atoms with van der Waals surface area (Å²) in [6.45, 7) is 4.29. The Morgan fingerprint density at radius 3 is 2.90 bits per heavy atom. The van der Waals surface area contributed by atoms with E-state index in [1.165, 1.54) is 16.5 Å². The third-order valence-electron chi connectivity index (χ3n) is 3.41. The molecule has 0 fully saturated rings. The van der Waals surface area contributed by atoms with Gasteiger partial charge in [0.15, 0.2) is 0 Å². The standard InChI is InChI=1S/C16H24N2O3/c1-20-10-6-17-13-14-3-2-4-16-15(14)5-7-18(16)8-11-21-12-9-19/h2-5,7,17,19H,6,8-13H2,1H3. The molecule has 1 heterocycles. The van der Waals surface area contributed by atoms with E-state index in [4.69, 9.17) is 14.6 Å². The van der Waals surface area contributed by atoms with Crippen molar-refractivity contribution in [3.63, 3.8) is 0 Å². The summed E-state index contributed by atoms with van der Waals surface area (Å²) in [5.41, 5.74) is 2.51. The first-order chi connectivity index (χ1) is 10.4. The molecule has 116 valence electrons. The first kappa shape index (κ1) is 16.0. The summed E-state index contributed by atoms with van der Waals surface area (Å²) >= 11 is 0. The highest BCUT2D eigenvalue weighted by Crippen LogP contribution is 2.20. The normalized spacial score (nSPS) is 11.3. The monoisotopic (exact) mass is 292 g/mol. The van der Waals surface area contributed by atoms with Crippen LogP contribution in [-0.4, -0.2) is 49.8 Å². The van der Waals surface area contributed by atoms with Crippen LogP contribution in [0.5, 0.6) is 0 Å². The molecule has 0 saturated carbocycles. The maximum Gasteiger partial charge on any atom is 0.0698 e. The van der Waals surface area contributed by atoms with Crippen molar-refractivity contribution >= 4 is 10.9 Å². The minimum absolute atomic E-state index is 0.0731. The molecule has 1 aromatic carbocycles. The molecular weight excluding hydrogens is 268 g/mol. The summed E-state index contributed by atoms with van der Waals surface area (Å²) in [4.78, 5) is 0. The minimum Gasteiger partial charge on any atom is -0.394 e. The van der Waals surface area contributed by atoms with Crippen LogP contribution in [0.1, 0.15) is 5.56 Å². The topological polar surface area (TPSA) is 55.7 Å². The van der Waals surface area contributed by atoms with Gasteiger partial charge in [-0.3, -0.25) is 0 Å². The smallest absolute Gasteiger partial charge is 0.0698 e. The number of nitrogens with zero attached hydrogens (tertiary/aromatic N) is 1. The number of ether oxygens (including phenoxy) is 2. The van der Waals surface area contributed by atoms with Crippen LogP contribution in [0.2, 0.25) is 0 Å². The number of methoxy groups -OCH3 is 1. The second kappa shape index (κ2) is 8.79. The SMILES string of the molecule is COCCNCc1cccc2c1ccn2CCOCCO. The lowest BCUT2D eigenvalue weighted by molar-refractivity contribution is 0.0875. The lowest BCUT2D eigenvalue weighted by Crippen LogP contribution is -2.18. The zero-order valence-electron chi connectivity index (χ0n) is 12.5. The molecule has 2 N–H and O–H groups in total. The fourth-order valence-corrected chi connectivity index (χ4v) is 2.36. The summed E-state index contributed by atoms with van der Waals surface area (Å²) in [6.07, 6.45) is 2.09. The molecule has 0 aliphatic heterocycles. The quantitative estimate of drug-likeness (QED) is 0.650. The molecule has 0 aliphatic rings. The summed E-state index contributed by atoms with van der Waals surface area (Å²) in [5.74, 6) is 0. The molecule has 5 nitrogen and oxygen atoms in total. The predicted octanol–water partition coefficient (Wildman–Crippen LogP) is 1.39. The Kier molecular flexibility index (Phi) is 6.69. The van der Waals surface area contributed by atoms with Gasteiger partial charge in [-0.05, 0) is 17.7 Å². The van der Waals surface area contributed by atoms with Crippen LogP contribution < -0.4 is 5.32 Å². The predicted molar refractivity (Wildman–Crippen MR) is 83.4 cm³/mol. The Labute approximate surface area is 125 Å². The molecule has 0 saturated heterocycles. The first-order valence-corrected chi connectivity index (χ1v) is 7.32. The second-order valence-corrected chi connectivity index (χ2v) is 4.86. The first-order valence-electron chi connectivity index (χ1n) is 7.32. The van der Waals surface area contributed by atoms with Crippen molar-refractivity contribution in [2.75, 3.05) is 40.1 Å². The number of aromatic nitrogens is 1. The van der Waals surface area contributed by atoms with Gasteiger partial charge < -0.3 is 24.5 Å². The van der Waals surface area contributed by atoms with Crippen molar-refractivity contribution in [3.8, 4) is 0 Å². The number of hydrogen-bond acceptors (Lipinski definition) is 4. The Bertz CT molecular complexity index is 539. The van der Waals surface area contributed by atoms with Gasteiger partial charge in [-0.25, -0.2) is 0 Å². The van der Waals surface area contributed by atoms with E-state index < -0.39 is 0 Å². The average molecular weight is 292 g/mol. The molecule has 21 heavy (non-hydrogen) atoms. The van der Waals surface area contributed by atoms with Crippen molar-refractivity contribution < 1.29 is 14.6 Å². The summed E-state index contributed by atoms with van der Waals surface area (Å²) in [6, 6.07) is 8.50. The Balaban J connectivity index is 1.99. The molecule has 0 atom stereocenters. The van der Waals surface area contributed by atoms with E-state index in [-0.39, 0.29) is 6.61 Å². The van der Waals surface area contributed by atoms with Gasteiger partial charge in [0, 0.05) is 43.8 Å². The van der Waals surface area contributed by atoms with Crippen LogP contribution >= 0.6 is 0 Å². The van der Waals surface area contributed by atoms with Crippen molar-refractivity contribution in [2.45, 2.75) is 13.1 Å². The maximum absolute atomic E-state index is 8.70. The van der Waals surface area contributed by atoms with Gasteiger partial charge in [0.05, 0.1) is 26.4 Å². The lowest BCUT2D eigenvalue weighted by Gasteiger charge is -2.08. The zero-order chi connectivity index (χ0) is 14.9. The molecule has 0 bridgehead atoms. The number of rotatable bonds is 10. The summed E-state index contributed by atoms with van der Waals surface area (Å²) in [7, 11) is 1.71. The molecule has 5 heteroatoms. The van der Waals surface area contributed by atoms with E-state index in [1.807, 2.05) is 0 Å². The zero-order valence-corrected chi connectivity index (χ0v) is 12.5. The number of benzene rings is 1. The fraction of sp³-hybridized carbons (Fsp3) is 0.500. The van der Waals surface area contributed by atoms with Gasteiger partial charge in [0.25, 0.3) is 0 Å². The molecule has 0 aliphatic carbocycles. The molecule has 2 aromatic rings. The van der Waals surface area contributed by atoms with Gasteiger partial charge in [-0.1, -0.05) is 12.1 Å². The number of hydrogen-bond donors (Lipinski definition) is 2. The highest BCUT2D eigenvalue weighted by atomic mass is 16.5. The van der Waals surface area contributed by atoms with Crippen LogP contribution in [0.15, 0.2) is 30.5 Å². The Morgan fingerprint density at radius 1 is 1.19 bits per heavy atom. The fourth-order valence-electron chi connectivity index (χ4n) is 2.36. The van der Waals surface area contributed by atoms with Gasteiger partial charge in [-0.2, -0.15) is 0 Å².